The minimum atomic E-state index is -0.151. The molecular formula is C14H30O2. The molecule has 0 spiro atoms. The average Bonchev–Trinajstić information content (AvgIpc) is 1.98. The van der Waals surface area contributed by atoms with E-state index in [9.17, 15) is 0 Å². The molecule has 2 atom stereocenters. The predicted octanol–water partition coefficient (Wildman–Crippen LogP) is 4.23. The van der Waals surface area contributed by atoms with Crippen molar-refractivity contribution in [3.8, 4) is 0 Å². The second-order valence-electron chi connectivity index (χ2n) is 7.03. The van der Waals surface area contributed by atoms with Crippen molar-refractivity contribution in [1.29, 1.82) is 0 Å². The summed E-state index contributed by atoms with van der Waals surface area (Å²) >= 11 is 0. The minimum Gasteiger partial charge on any atom is -0.349 e. The Kier molecular flexibility index (Phi) is 5.48. The Hall–Kier alpha value is -0.0800. The largest absolute Gasteiger partial charge is 0.349 e. The SMILES string of the molecule is CC(C)OC(OC(C)C(C)(C)C)C(C)(C)C. The molecule has 0 aromatic carbocycles. The summed E-state index contributed by atoms with van der Waals surface area (Å²) in [6.07, 6.45) is 0.216. The highest BCUT2D eigenvalue weighted by Crippen LogP contribution is 2.30. The maximum absolute atomic E-state index is 6.07. The van der Waals surface area contributed by atoms with Gasteiger partial charge in [0.1, 0.15) is 0 Å². The van der Waals surface area contributed by atoms with Gasteiger partial charge < -0.3 is 9.47 Å². The normalized spacial score (nSPS) is 17.6. The maximum atomic E-state index is 6.07. The Balaban J connectivity index is 4.56. The summed E-state index contributed by atoms with van der Waals surface area (Å²) in [5.74, 6) is 0. The summed E-state index contributed by atoms with van der Waals surface area (Å²) in [4.78, 5) is 0. The van der Waals surface area contributed by atoms with Crippen LogP contribution in [0.15, 0.2) is 0 Å². The Bertz CT molecular complexity index is 196. The first kappa shape index (κ1) is 15.9. The first-order chi connectivity index (χ1) is 6.94. The summed E-state index contributed by atoms with van der Waals surface area (Å²) in [6, 6.07) is 0. The van der Waals surface area contributed by atoms with Crippen LogP contribution in [0, 0.1) is 10.8 Å². The van der Waals surface area contributed by atoms with Crippen molar-refractivity contribution in [3.05, 3.63) is 0 Å². The monoisotopic (exact) mass is 230 g/mol. The molecule has 0 amide bonds. The van der Waals surface area contributed by atoms with E-state index in [1.54, 1.807) is 0 Å². The third kappa shape index (κ3) is 5.86. The number of hydrogen-bond acceptors (Lipinski definition) is 2. The first-order valence-electron chi connectivity index (χ1n) is 6.25. The third-order valence-electron chi connectivity index (χ3n) is 2.65. The summed E-state index contributed by atoms with van der Waals surface area (Å²) < 4.78 is 11.9. The van der Waals surface area contributed by atoms with Crippen LogP contribution in [0.3, 0.4) is 0 Å². The molecule has 16 heavy (non-hydrogen) atoms. The van der Waals surface area contributed by atoms with Crippen LogP contribution in [-0.4, -0.2) is 18.5 Å². The van der Waals surface area contributed by atoms with E-state index in [0.29, 0.717) is 0 Å². The highest BCUT2D eigenvalue weighted by Gasteiger charge is 2.32. The number of rotatable bonds is 4. The minimum absolute atomic E-state index is 0.00375. The van der Waals surface area contributed by atoms with Gasteiger partial charge in [0.15, 0.2) is 6.29 Å². The average molecular weight is 230 g/mol. The van der Waals surface area contributed by atoms with Gasteiger partial charge >= 0.3 is 0 Å². The summed E-state index contributed by atoms with van der Waals surface area (Å²) in [6.45, 7) is 19.2. The molecule has 98 valence electrons. The second-order valence-corrected chi connectivity index (χ2v) is 7.03. The molecule has 0 aromatic heterocycles. The van der Waals surface area contributed by atoms with Crippen molar-refractivity contribution >= 4 is 0 Å². The fourth-order valence-corrected chi connectivity index (χ4v) is 1.08. The van der Waals surface area contributed by atoms with Crippen LogP contribution in [0.4, 0.5) is 0 Å². The van der Waals surface area contributed by atoms with E-state index in [1.807, 2.05) is 13.8 Å². The second kappa shape index (κ2) is 5.50. The van der Waals surface area contributed by atoms with Gasteiger partial charge in [-0.1, -0.05) is 41.5 Å². The van der Waals surface area contributed by atoms with Crippen molar-refractivity contribution in [2.24, 2.45) is 10.8 Å². The third-order valence-corrected chi connectivity index (χ3v) is 2.65. The van der Waals surface area contributed by atoms with E-state index in [-0.39, 0.29) is 29.3 Å². The molecule has 2 unspecified atom stereocenters. The topological polar surface area (TPSA) is 18.5 Å². The summed E-state index contributed by atoms with van der Waals surface area (Å²) in [7, 11) is 0. The van der Waals surface area contributed by atoms with E-state index in [1.165, 1.54) is 0 Å². The quantitative estimate of drug-likeness (QED) is 0.673. The molecule has 0 aliphatic rings. The highest BCUT2D eigenvalue weighted by atomic mass is 16.7. The van der Waals surface area contributed by atoms with Crippen LogP contribution in [0.2, 0.25) is 0 Å². The lowest BCUT2D eigenvalue weighted by atomic mass is 9.89. The summed E-state index contributed by atoms with van der Waals surface area (Å²) in [5.41, 5.74) is 0.146. The zero-order valence-electron chi connectivity index (χ0n) is 12.5. The van der Waals surface area contributed by atoms with Gasteiger partial charge in [0.05, 0.1) is 12.2 Å². The Morgan fingerprint density at radius 2 is 1.12 bits per heavy atom. The molecule has 0 heterocycles. The van der Waals surface area contributed by atoms with Crippen molar-refractivity contribution in [3.63, 3.8) is 0 Å². The molecule has 0 aliphatic carbocycles. The van der Waals surface area contributed by atoms with Gasteiger partial charge in [-0.25, -0.2) is 0 Å². The Morgan fingerprint density at radius 3 is 1.38 bits per heavy atom. The van der Waals surface area contributed by atoms with Gasteiger partial charge in [-0.3, -0.25) is 0 Å². The van der Waals surface area contributed by atoms with Gasteiger partial charge in [0.25, 0.3) is 0 Å². The van der Waals surface area contributed by atoms with Crippen LogP contribution in [0.5, 0.6) is 0 Å². The van der Waals surface area contributed by atoms with Gasteiger partial charge in [0, 0.05) is 5.41 Å². The molecule has 0 N–H and O–H groups in total. The van der Waals surface area contributed by atoms with Crippen LogP contribution in [-0.2, 0) is 9.47 Å². The van der Waals surface area contributed by atoms with Gasteiger partial charge in [-0.15, -0.1) is 0 Å². The lowest BCUT2D eigenvalue weighted by molar-refractivity contribution is -0.243. The van der Waals surface area contributed by atoms with E-state index in [0.717, 1.165) is 0 Å². The zero-order valence-corrected chi connectivity index (χ0v) is 12.5. The molecule has 0 radical (unpaired) electrons. The van der Waals surface area contributed by atoms with E-state index in [4.69, 9.17) is 9.47 Å². The lowest BCUT2D eigenvalue weighted by Crippen LogP contribution is -2.40. The fourth-order valence-electron chi connectivity index (χ4n) is 1.08. The van der Waals surface area contributed by atoms with E-state index >= 15 is 0 Å². The van der Waals surface area contributed by atoms with E-state index < -0.39 is 0 Å². The standard InChI is InChI=1S/C14H30O2/c1-10(2)15-12(14(7,8)9)16-11(3)13(4,5)6/h10-12H,1-9H3. The first-order valence-corrected chi connectivity index (χ1v) is 6.25. The Labute approximate surface area is 102 Å². The highest BCUT2D eigenvalue weighted by molar-refractivity contribution is 4.74. The van der Waals surface area contributed by atoms with Crippen LogP contribution < -0.4 is 0 Å². The molecule has 0 rings (SSSR count). The lowest BCUT2D eigenvalue weighted by Gasteiger charge is -2.38. The van der Waals surface area contributed by atoms with Crippen molar-refractivity contribution in [2.75, 3.05) is 0 Å². The summed E-state index contributed by atoms with van der Waals surface area (Å²) in [5, 5.41) is 0. The van der Waals surface area contributed by atoms with Crippen molar-refractivity contribution in [1.82, 2.24) is 0 Å². The fraction of sp³-hybridized carbons (Fsp3) is 1.00. The Morgan fingerprint density at radius 1 is 0.688 bits per heavy atom. The number of hydrogen-bond donors (Lipinski definition) is 0. The zero-order chi connectivity index (χ0) is 13.1. The molecule has 2 nitrogen and oxygen atoms in total. The van der Waals surface area contributed by atoms with Gasteiger partial charge in [-0.05, 0) is 26.2 Å². The van der Waals surface area contributed by atoms with Crippen molar-refractivity contribution in [2.45, 2.75) is 80.8 Å². The molecule has 0 bridgehead atoms. The molecule has 0 saturated carbocycles. The molecule has 0 saturated heterocycles. The molecule has 2 heteroatoms. The predicted molar refractivity (Wildman–Crippen MR) is 69.5 cm³/mol. The van der Waals surface area contributed by atoms with Crippen LogP contribution >= 0.6 is 0 Å². The van der Waals surface area contributed by atoms with Crippen LogP contribution in [0.25, 0.3) is 0 Å². The van der Waals surface area contributed by atoms with Crippen molar-refractivity contribution < 1.29 is 9.47 Å². The van der Waals surface area contributed by atoms with Gasteiger partial charge in [0.2, 0.25) is 0 Å². The van der Waals surface area contributed by atoms with E-state index in [2.05, 4.69) is 48.5 Å². The van der Waals surface area contributed by atoms with Crippen LogP contribution in [0.1, 0.15) is 62.3 Å². The molecule has 0 aliphatic heterocycles. The smallest absolute Gasteiger partial charge is 0.163 e. The molecular weight excluding hydrogens is 200 g/mol. The number of ether oxygens (including phenoxy) is 2. The molecule has 0 aromatic rings. The molecule has 0 fully saturated rings. The maximum Gasteiger partial charge on any atom is 0.163 e. The van der Waals surface area contributed by atoms with Gasteiger partial charge in [-0.2, -0.15) is 0 Å².